The van der Waals surface area contributed by atoms with Gasteiger partial charge >= 0.3 is 12.1 Å². The average molecular weight is 455 g/mol. The fourth-order valence-electron chi connectivity index (χ4n) is 4.10. The molecule has 1 aliphatic rings. The van der Waals surface area contributed by atoms with Gasteiger partial charge in [0.1, 0.15) is 12.6 Å². The van der Waals surface area contributed by atoms with Gasteiger partial charge in [-0.25, -0.2) is 4.79 Å². The molecule has 1 aliphatic carbocycles. The van der Waals surface area contributed by atoms with Crippen molar-refractivity contribution in [1.29, 1.82) is 0 Å². The van der Waals surface area contributed by atoms with E-state index in [-0.39, 0.29) is 18.9 Å². The van der Waals surface area contributed by atoms with E-state index in [0.29, 0.717) is 6.42 Å². The van der Waals surface area contributed by atoms with Gasteiger partial charge in [0.25, 0.3) is 0 Å². The van der Waals surface area contributed by atoms with Crippen LogP contribution in [0.4, 0.5) is 4.79 Å². The fraction of sp³-hybridized carbons (Fsp3) is 0.400. The number of hydrogen-bond donors (Lipinski definition) is 3. The molecule has 0 radical (unpaired) electrons. The number of nitrogens with one attached hydrogen (secondary N) is 2. The Bertz CT molecular complexity index is 962. The second-order valence-electron chi connectivity index (χ2n) is 8.10. The Hall–Kier alpha value is -3.39. The van der Waals surface area contributed by atoms with Crippen LogP contribution in [0.5, 0.6) is 0 Å². The molecule has 2 aromatic rings. The Morgan fingerprint density at radius 3 is 2.09 bits per heavy atom. The number of aliphatic carboxylic acids is 1. The SMILES string of the molecule is CC[C@H](CC(=O)O)NC(=O)[C@@H](NC(=O)OCC1c2ccccc2-c2ccccc21)[C@@H](C)OC. The predicted octanol–water partition coefficient (Wildman–Crippen LogP) is 3.30. The minimum Gasteiger partial charge on any atom is -0.481 e. The Balaban J connectivity index is 1.66. The summed E-state index contributed by atoms with van der Waals surface area (Å²) in [5.74, 6) is -1.63. The van der Waals surface area contributed by atoms with Gasteiger partial charge in [0.15, 0.2) is 0 Å². The van der Waals surface area contributed by atoms with Crippen molar-refractivity contribution in [2.75, 3.05) is 13.7 Å². The van der Waals surface area contributed by atoms with Gasteiger partial charge in [-0.2, -0.15) is 0 Å². The maximum absolute atomic E-state index is 12.8. The lowest BCUT2D eigenvalue weighted by molar-refractivity contribution is -0.138. The van der Waals surface area contributed by atoms with E-state index in [9.17, 15) is 14.4 Å². The van der Waals surface area contributed by atoms with E-state index in [4.69, 9.17) is 14.6 Å². The van der Waals surface area contributed by atoms with Gasteiger partial charge < -0.3 is 25.2 Å². The molecular formula is C25H30N2O6. The summed E-state index contributed by atoms with van der Waals surface area (Å²) < 4.78 is 10.8. The van der Waals surface area contributed by atoms with Crippen LogP contribution in [0.1, 0.15) is 43.7 Å². The molecule has 33 heavy (non-hydrogen) atoms. The highest BCUT2D eigenvalue weighted by Crippen LogP contribution is 2.44. The fourth-order valence-corrected chi connectivity index (χ4v) is 4.10. The first-order valence-electron chi connectivity index (χ1n) is 11.0. The van der Waals surface area contributed by atoms with E-state index in [1.807, 2.05) is 36.4 Å². The van der Waals surface area contributed by atoms with Gasteiger partial charge in [-0.15, -0.1) is 0 Å². The van der Waals surface area contributed by atoms with E-state index in [1.165, 1.54) is 7.11 Å². The highest BCUT2D eigenvalue weighted by atomic mass is 16.5. The molecule has 0 aliphatic heterocycles. The number of carbonyl (C=O) groups is 3. The van der Waals surface area contributed by atoms with E-state index in [0.717, 1.165) is 22.3 Å². The number of amides is 2. The molecule has 2 amide bonds. The van der Waals surface area contributed by atoms with Crippen molar-refractivity contribution in [1.82, 2.24) is 10.6 Å². The number of carbonyl (C=O) groups excluding carboxylic acids is 2. The number of alkyl carbamates (subject to hydrolysis) is 1. The van der Waals surface area contributed by atoms with Crippen molar-refractivity contribution in [3.05, 3.63) is 59.7 Å². The summed E-state index contributed by atoms with van der Waals surface area (Å²) in [6.07, 6.45) is -1.15. The standard InChI is InChI=1S/C25H30N2O6/c1-4-16(13-22(28)29)26-24(30)23(15(2)32-3)27-25(31)33-14-21-19-11-7-5-9-17(19)18-10-6-8-12-20(18)21/h5-12,15-16,21,23H,4,13-14H2,1-3H3,(H,26,30)(H,27,31)(H,28,29)/t15-,16-,23+/m1/s1. The van der Waals surface area contributed by atoms with E-state index in [2.05, 4.69) is 22.8 Å². The summed E-state index contributed by atoms with van der Waals surface area (Å²) in [7, 11) is 1.43. The minimum absolute atomic E-state index is 0.102. The molecule has 0 spiro atoms. The Kier molecular flexibility index (Phi) is 8.06. The van der Waals surface area contributed by atoms with Gasteiger partial charge in [0.2, 0.25) is 5.91 Å². The Labute approximate surface area is 193 Å². The van der Waals surface area contributed by atoms with Crippen LogP contribution in [-0.4, -0.2) is 55.0 Å². The van der Waals surface area contributed by atoms with Crippen LogP contribution in [0.3, 0.4) is 0 Å². The molecule has 176 valence electrons. The molecule has 3 atom stereocenters. The van der Waals surface area contributed by atoms with Gasteiger partial charge in [0.05, 0.1) is 12.5 Å². The number of fused-ring (bicyclic) bond motifs is 3. The Morgan fingerprint density at radius 2 is 1.58 bits per heavy atom. The predicted molar refractivity (Wildman–Crippen MR) is 123 cm³/mol. The lowest BCUT2D eigenvalue weighted by Gasteiger charge is -2.25. The van der Waals surface area contributed by atoms with Crippen molar-refractivity contribution < 1.29 is 29.0 Å². The first-order chi connectivity index (χ1) is 15.8. The largest absolute Gasteiger partial charge is 0.481 e. The molecular weight excluding hydrogens is 424 g/mol. The lowest BCUT2D eigenvalue weighted by Crippen LogP contribution is -2.55. The van der Waals surface area contributed by atoms with E-state index in [1.54, 1.807) is 13.8 Å². The molecule has 0 heterocycles. The lowest BCUT2D eigenvalue weighted by atomic mass is 9.98. The summed E-state index contributed by atoms with van der Waals surface area (Å²) >= 11 is 0. The zero-order chi connectivity index (χ0) is 24.0. The van der Waals surface area contributed by atoms with Gasteiger partial charge in [0, 0.05) is 19.1 Å². The second kappa shape index (κ2) is 11.0. The summed E-state index contributed by atoms with van der Waals surface area (Å²) in [5.41, 5.74) is 4.42. The number of rotatable bonds is 10. The Morgan fingerprint density at radius 1 is 1.00 bits per heavy atom. The maximum atomic E-state index is 12.8. The van der Waals surface area contributed by atoms with Crippen molar-refractivity contribution in [2.24, 2.45) is 0 Å². The quantitative estimate of drug-likeness (QED) is 0.508. The summed E-state index contributed by atoms with van der Waals surface area (Å²) in [4.78, 5) is 36.4. The van der Waals surface area contributed by atoms with Gasteiger partial charge in [-0.3, -0.25) is 9.59 Å². The maximum Gasteiger partial charge on any atom is 0.407 e. The third kappa shape index (κ3) is 5.70. The highest BCUT2D eigenvalue weighted by Gasteiger charge is 2.32. The zero-order valence-electron chi connectivity index (χ0n) is 19.0. The van der Waals surface area contributed by atoms with Crippen LogP contribution in [-0.2, 0) is 19.1 Å². The zero-order valence-corrected chi connectivity index (χ0v) is 19.0. The highest BCUT2D eigenvalue weighted by molar-refractivity contribution is 5.87. The van der Waals surface area contributed by atoms with Crippen LogP contribution in [0.25, 0.3) is 11.1 Å². The monoisotopic (exact) mass is 454 g/mol. The first kappa shape index (κ1) is 24.3. The van der Waals surface area contributed by atoms with Crippen molar-refractivity contribution in [3.8, 4) is 11.1 Å². The number of benzene rings is 2. The molecule has 0 aromatic heterocycles. The van der Waals surface area contributed by atoms with Gasteiger partial charge in [-0.05, 0) is 35.6 Å². The van der Waals surface area contributed by atoms with Crippen molar-refractivity contribution in [3.63, 3.8) is 0 Å². The number of carboxylic acids is 1. The number of carboxylic acid groups (broad SMARTS) is 1. The third-order valence-corrected chi connectivity index (χ3v) is 6.00. The first-order valence-corrected chi connectivity index (χ1v) is 11.0. The molecule has 8 nitrogen and oxygen atoms in total. The molecule has 0 fully saturated rings. The summed E-state index contributed by atoms with van der Waals surface area (Å²) in [5, 5.41) is 14.3. The van der Waals surface area contributed by atoms with Crippen LogP contribution in [0, 0.1) is 0 Å². The molecule has 0 saturated carbocycles. The summed E-state index contributed by atoms with van der Waals surface area (Å²) in [6.45, 7) is 3.54. The molecule has 3 N–H and O–H groups in total. The average Bonchev–Trinajstić information content (AvgIpc) is 3.13. The van der Waals surface area contributed by atoms with Crippen LogP contribution in [0.2, 0.25) is 0 Å². The summed E-state index contributed by atoms with van der Waals surface area (Å²) in [6, 6.07) is 14.4. The topological polar surface area (TPSA) is 114 Å². The van der Waals surface area contributed by atoms with E-state index < -0.39 is 36.2 Å². The normalized spacial score (nSPS) is 15.0. The van der Waals surface area contributed by atoms with E-state index >= 15 is 0 Å². The third-order valence-electron chi connectivity index (χ3n) is 6.00. The molecule has 3 rings (SSSR count). The van der Waals surface area contributed by atoms with Crippen molar-refractivity contribution in [2.45, 2.75) is 50.8 Å². The molecule has 8 heteroatoms. The van der Waals surface area contributed by atoms with Crippen molar-refractivity contribution >= 4 is 18.0 Å². The molecule has 0 saturated heterocycles. The minimum atomic E-state index is -1.03. The molecule has 2 aromatic carbocycles. The second-order valence-corrected chi connectivity index (χ2v) is 8.10. The smallest absolute Gasteiger partial charge is 0.407 e. The van der Waals surface area contributed by atoms with Crippen LogP contribution in [0.15, 0.2) is 48.5 Å². The molecule has 0 bridgehead atoms. The number of hydrogen-bond acceptors (Lipinski definition) is 5. The van der Waals surface area contributed by atoms with Crippen LogP contribution < -0.4 is 10.6 Å². The van der Waals surface area contributed by atoms with Crippen LogP contribution >= 0.6 is 0 Å². The number of methoxy groups -OCH3 is 1. The number of ether oxygens (including phenoxy) is 2. The van der Waals surface area contributed by atoms with Gasteiger partial charge in [-0.1, -0.05) is 55.5 Å². The molecule has 0 unspecified atom stereocenters.